The van der Waals surface area contributed by atoms with E-state index in [1.807, 2.05) is 13.0 Å². The predicted octanol–water partition coefficient (Wildman–Crippen LogP) is 1.45. The number of hydrogen-bond donors (Lipinski definition) is 1. The Kier molecular flexibility index (Phi) is 2.75. The van der Waals surface area contributed by atoms with Crippen LogP contribution in [0.4, 0.5) is 0 Å². The van der Waals surface area contributed by atoms with Crippen LogP contribution in [0.2, 0.25) is 0 Å². The number of rotatable bonds is 2. The van der Waals surface area contributed by atoms with E-state index in [-0.39, 0.29) is 6.10 Å². The SMILES string of the molecule is CCC(O)C1=CCCCO1. The third kappa shape index (κ3) is 1.74. The minimum absolute atomic E-state index is 0.375. The topological polar surface area (TPSA) is 29.5 Å². The van der Waals surface area contributed by atoms with Gasteiger partial charge in [-0.1, -0.05) is 6.92 Å². The van der Waals surface area contributed by atoms with Gasteiger partial charge < -0.3 is 9.84 Å². The second-order valence-corrected chi connectivity index (χ2v) is 2.52. The summed E-state index contributed by atoms with van der Waals surface area (Å²) >= 11 is 0. The van der Waals surface area contributed by atoms with Crippen LogP contribution in [-0.2, 0) is 4.74 Å². The molecule has 0 radical (unpaired) electrons. The maximum Gasteiger partial charge on any atom is 0.120 e. The second kappa shape index (κ2) is 3.62. The Hall–Kier alpha value is -0.500. The zero-order valence-electron chi connectivity index (χ0n) is 6.34. The molecule has 0 bridgehead atoms. The van der Waals surface area contributed by atoms with Crippen LogP contribution in [0.15, 0.2) is 11.8 Å². The van der Waals surface area contributed by atoms with E-state index in [9.17, 15) is 5.11 Å². The van der Waals surface area contributed by atoms with Crippen molar-refractivity contribution >= 4 is 0 Å². The van der Waals surface area contributed by atoms with E-state index in [2.05, 4.69) is 0 Å². The molecule has 1 heterocycles. The van der Waals surface area contributed by atoms with Gasteiger partial charge in [0.15, 0.2) is 0 Å². The highest BCUT2D eigenvalue weighted by Crippen LogP contribution is 2.14. The van der Waals surface area contributed by atoms with E-state index < -0.39 is 0 Å². The molecule has 0 fully saturated rings. The van der Waals surface area contributed by atoms with Crippen molar-refractivity contribution in [2.45, 2.75) is 32.3 Å². The largest absolute Gasteiger partial charge is 0.496 e. The first-order valence-electron chi connectivity index (χ1n) is 3.85. The number of allylic oxidation sites excluding steroid dienone is 1. The Labute approximate surface area is 61.5 Å². The van der Waals surface area contributed by atoms with E-state index in [0.717, 1.165) is 31.6 Å². The molecule has 1 rings (SSSR count). The summed E-state index contributed by atoms with van der Waals surface area (Å²) in [4.78, 5) is 0. The zero-order chi connectivity index (χ0) is 7.40. The first-order chi connectivity index (χ1) is 4.84. The van der Waals surface area contributed by atoms with Crippen molar-refractivity contribution in [2.24, 2.45) is 0 Å². The van der Waals surface area contributed by atoms with Crippen molar-refractivity contribution < 1.29 is 9.84 Å². The molecule has 1 atom stereocenters. The second-order valence-electron chi connectivity index (χ2n) is 2.52. The Morgan fingerprint density at radius 1 is 1.80 bits per heavy atom. The van der Waals surface area contributed by atoms with Crippen molar-refractivity contribution in [1.29, 1.82) is 0 Å². The summed E-state index contributed by atoms with van der Waals surface area (Å²) < 4.78 is 5.24. The van der Waals surface area contributed by atoms with E-state index in [0.29, 0.717) is 0 Å². The monoisotopic (exact) mass is 142 g/mol. The van der Waals surface area contributed by atoms with Crippen molar-refractivity contribution in [2.75, 3.05) is 6.61 Å². The molecule has 0 aromatic heterocycles. The molecule has 1 aliphatic heterocycles. The highest BCUT2D eigenvalue weighted by atomic mass is 16.5. The fourth-order valence-electron chi connectivity index (χ4n) is 1.01. The lowest BCUT2D eigenvalue weighted by Crippen LogP contribution is -2.14. The summed E-state index contributed by atoms with van der Waals surface area (Å²) in [6.07, 6.45) is 4.48. The van der Waals surface area contributed by atoms with E-state index >= 15 is 0 Å². The molecule has 2 heteroatoms. The van der Waals surface area contributed by atoms with Gasteiger partial charge in [0.05, 0.1) is 6.61 Å². The smallest absolute Gasteiger partial charge is 0.120 e. The Morgan fingerprint density at radius 2 is 2.60 bits per heavy atom. The molecule has 2 nitrogen and oxygen atoms in total. The maximum atomic E-state index is 9.29. The number of ether oxygens (including phenoxy) is 1. The first-order valence-corrected chi connectivity index (χ1v) is 3.85. The lowest BCUT2D eigenvalue weighted by Gasteiger charge is -2.18. The highest BCUT2D eigenvalue weighted by molar-refractivity contribution is 5.01. The van der Waals surface area contributed by atoms with Crippen LogP contribution in [0.1, 0.15) is 26.2 Å². The van der Waals surface area contributed by atoms with Gasteiger partial charge in [-0.3, -0.25) is 0 Å². The van der Waals surface area contributed by atoms with Crippen molar-refractivity contribution in [3.05, 3.63) is 11.8 Å². The molecule has 0 aromatic carbocycles. The van der Waals surface area contributed by atoms with Crippen molar-refractivity contribution in [1.82, 2.24) is 0 Å². The number of aliphatic hydroxyl groups excluding tert-OH is 1. The maximum absolute atomic E-state index is 9.29. The molecule has 0 saturated heterocycles. The summed E-state index contributed by atoms with van der Waals surface area (Å²) in [5.41, 5.74) is 0. The standard InChI is InChI=1S/C8H14O2/c1-2-7(9)8-5-3-4-6-10-8/h5,7,9H,2-4,6H2,1H3. The van der Waals surface area contributed by atoms with Crippen LogP contribution in [0.25, 0.3) is 0 Å². The summed E-state index contributed by atoms with van der Waals surface area (Å²) in [7, 11) is 0. The lowest BCUT2D eigenvalue weighted by molar-refractivity contribution is 0.0895. The lowest BCUT2D eigenvalue weighted by atomic mass is 10.1. The highest BCUT2D eigenvalue weighted by Gasteiger charge is 2.11. The van der Waals surface area contributed by atoms with Gasteiger partial charge in [-0.25, -0.2) is 0 Å². The van der Waals surface area contributed by atoms with Crippen LogP contribution in [0.3, 0.4) is 0 Å². The summed E-state index contributed by atoms with van der Waals surface area (Å²) in [6, 6.07) is 0. The normalized spacial score (nSPS) is 21.2. The third-order valence-electron chi connectivity index (χ3n) is 1.68. The first kappa shape index (κ1) is 7.61. The molecule has 1 N–H and O–H groups in total. The van der Waals surface area contributed by atoms with Gasteiger partial charge in [-0.2, -0.15) is 0 Å². The Bertz CT molecular complexity index is 129. The molecule has 1 aliphatic rings. The van der Waals surface area contributed by atoms with Gasteiger partial charge in [0.1, 0.15) is 11.9 Å². The molecule has 0 saturated carbocycles. The number of aliphatic hydroxyl groups is 1. The number of hydrogen-bond acceptors (Lipinski definition) is 2. The molecule has 1 unspecified atom stereocenters. The van der Waals surface area contributed by atoms with Crippen LogP contribution < -0.4 is 0 Å². The van der Waals surface area contributed by atoms with Gasteiger partial charge in [0.2, 0.25) is 0 Å². The van der Waals surface area contributed by atoms with Gasteiger partial charge in [0.25, 0.3) is 0 Å². The average molecular weight is 142 g/mol. The zero-order valence-corrected chi connectivity index (χ0v) is 6.34. The average Bonchev–Trinajstić information content (AvgIpc) is 2.05. The minimum atomic E-state index is -0.375. The van der Waals surface area contributed by atoms with E-state index in [1.54, 1.807) is 0 Å². The molecule has 58 valence electrons. The van der Waals surface area contributed by atoms with Gasteiger partial charge in [0, 0.05) is 0 Å². The van der Waals surface area contributed by atoms with Crippen LogP contribution in [-0.4, -0.2) is 17.8 Å². The van der Waals surface area contributed by atoms with Gasteiger partial charge >= 0.3 is 0 Å². The fourth-order valence-corrected chi connectivity index (χ4v) is 1.01. The molecular formula is C8H14O2. The van der Waals surface area contributed by atoms with Gasteiger partial charge in [-0.15, -0.1) is 0 Å². The molecule has 0 spiro atoms. The van der Waals surface area contributed by atoms with Crippen molar-refractivity contribution in [3.63, 3.8) is 0 Å². The fraction of sp³-hybridized carbons (Fsp3) is 0.750. The summed E-state index contributed by atoms with van der Waals surface area (Å²) in [6.45, 7) is 2.71. The van der Waals surface area contributed by atoms with Gasteiger partial charge in [-0.05, 0) is 25.3 Å². The Morgan fingerprint density at radius 3 is 3.10 bits per heavy atom. The van der Waals surface area contributed by atoms with E-state index in [1.165, 1.54) is 0 Å². The van der Waals surface area contributed by atoms with E-state index in [4.69, 9.17) is 4.74 Å². The summed E-state index contributed by atoms with van der Waals surface area (Å²) in [5, 5.41) is 9.29. The molecular weight excluding hydrogens is 128 g/mol. The third-order valence-corrected chi connectivity index (χ3v) is 1.68. The molecule has 0 aliphatic carbocycles. The van der Waals surface area contributed by atoms with Crippen molar-refractivity contribution in [3.8, 4) is 0 Å². The molecule has 0 aromatic rings. The summed E-state index contributed by atoms with van der Waals surface area (Å²) in [5.74, 6) is 0.772. The molecule has 10 heavy (non-hydrogen) atoms. The Balaban J connectivity index is 2.44. The predicted molar refractivity (Wildman–Crippen MR) is 39.6 cm³/mol. The van der Waals surface area contributed by atoms with Crippen LogP contribution in [0.5, 0.6) is 0 Å². The quantitative estimate of drug-likeness (QED) is 0.632. The van der Waals surface area contributed by atoms with Crippen LogP contribution >= 0.6 is 0 Å². The molecule has 0 amide bonds. The van der Waals surface area contributed by atoms with Crippen LogP contribution in [0, 0.1) is 0 Å². The minimum Gasteiger partial charge on any atom is -0.496 e.